The van der Waals surface area contributed by atoms with Crippen molar-refractivity contribution in [3.8, 4) is 0 Å². The van der Waals surface area contributed by atoms with Gasteiger partial charge in [0, 0.05) is 22.3 Å². The van der Waals surface area contributed by atoms with Gasteiger partial charge in [-0.3, -0.25) is 9.59 Å². The summed E-state index contributed by atoms with van der Waals surface area (Å²) in [5.74, 6) is -0.916. The molecule has 0 radical (unpaired) electrons. The number of hydrogen-bond donors (Lipinski definition) is 3. The van der Waals surface area contributed by atoms with Crippen LogP contribution in [0.25, 0.3) is 21.1 Å². The number of hydrogen-bond acceptors (Lipinski definition) is 3. The summed E-state index contributed by atoms with van der Waals surface area (Å²) in [6, 6.07) is 12.8. The van der Waals surface area contributed by atoms with E-state index in [0.717, 1.165) is 38.8 Å². The summed E-state index contributed by atoms with van der Waals surface area (Å²) in [6.45, 7) is 1.79. The van der Waals surface area contributed by atoms with E-state index >= 15 is 0 Å². The van der Waals surface area contributed by atoms with Crippen molar-refractivity contribution in [2.75, 3.05) is 10.6 Å². The average molecular weight is 496 g/mol. The molecule has 0 aliphatic carbocycles. The number of anilines is 2. The molecule has 2 amide bonds. The number of alkyl halides is 3. The number of pyridine rings is 1. The van der Waals surface area contributed by atoms with Gasteiger partial charge >= 0.3 is 6.18 Å². The van der Waals surface area contributed by atoms with E-state index in [4.69, 9.17) is 0 Å². The maximum Gasteiger partial charge on any atom is 0.416 e. The van der Waals surface area contributed by atoms with E-state index in [2.05, 4.69) is 20.6 Å². The molecule has 35 heavy (non-hydrogen) atoms. The number of halogens is 3. The van der Waals surface area contributed by atoms with E-state index in [9.17, 15) is 22.8 Å². The van der Waals surface area contributed by atoms with Crippen molar-refractivity contribution in [3.63, 3.8) is 0 Å². The summed E-state index contributed by atoms with van der Waals surface area (Å²) in [5.41, 5.74) is 1.39. The zero-order valence-electron chi connectivity index (χ0n) is 18.2. The molecule has 4 N–H and O–H groups in total. The summed E-state index contributed by atoms with van der Waals surface area (Å²) < 4.78 is 39.8. The normalized spacial score (nSPS) is 11.7. The van der Waals surface area contributed by atoms with Crippen LogP contribution in [0.15, 0.2) is 67.0 Å². The van der Waals surface area contributed by atoms with Gasteiger partial charge in [0.1, 0.15) is 0 Å². The van der Waals surface area contributed by atoms with E-state index < -0.39 is 17.6 Å². The van der Waals surface area contributed by atoms with E-state index in [1.807, 2.05) is 18.5 Å². The number of nitrogens with one attached hydrogen (secondary N) is 4. The van der Waals surface area contributed by atoms with Crippen molar-refractivity contribution >= 4 is 55.6 Å². The van der Waals surface area contributed by atoms with Crippen LogP contribution >= 0.6 is 11.3 Å². The summed E-state index contributed by atoms with van der Waals surface area (Å²) in [5, 5.41) is 7.20. The first-order valence-corrected chi connectivity index (χ1v) is 11.3. The molecule has 176 valence electrons. The molecule has 0 saturated carbocycles. The molecule has 6 nitrogen and oxygen atoms in total. The first-order valence-electron chi connectivity index (χ1n) is 10.5. The van der Waals surface area contributed by atoms with Gasteiger partial charge in [0.2, 0.25) is 0 Å². The van der Waals surface area contributed by atoms with Crippen molar-refractivity contribution < 1.29 is 27.7 Å². The Kier molecular flexibility index (Phi) is 5.52. The van der Waals surface area contributed by atoms with Crippen LogP contribution in [0.4, 0.5) is 24.5 Å². The van der Waals surface area contributed by atoms with Crippen molar-refractivity contribution in [2.45, 2.75) is 13.1 Å². The van der Waals surface area contributed by atoms with Gasteiger partial charge in [-0.15, -0.1) is 11.3 Å². The largest absolute Gasteiger partial charge is 0.416 e. The SMILES string of the molecule is Cc1ccc(C(=O)Nc2cccc(C(F)(F)F)c2)cc1NC(=O)c1cc2c[nH+]c3[nH]ccc3c2s1. The van der Waals surface area contributed by atoms with Crippen LogP contribution in [0.3, 0.4) is 0 Å². The van der Waals surface area contributed by atoms with Crippen LogP contribution < -0.4 is 15.6 Å². The minimum absolute atomic E-state index is 0.0223. The van der Waals surface area contributed by atoms with Gasteiger partial charge in [0.15, 0.2) is 0 Å². The molecule has 0 unspecified atom stereocenters. The average Bonchev–Trinajstić information content (AvgIpc) is 3.46. The number of aromatic nitrogens is 2. The summed E-state index contributed by atoms with van der Waals surface area (Å²) >= 11 is 1.36. The standard InChI is InChI=1S/C25H17F3N4O2S/c1-13-5-6-14(23(33)31-17-4-2-3-16(11-17)25(26,27)28)9-19(13)32-24(34)20-10-15-12-30-22-18(7-8-29-22)21(15)35-20/h2-12H,1H3,(H,29,30)(H,31,33)(H,32,34)/p+1. The highest BCUT2D eigenvalue weighted by Crippen LogP contribution is 2.32. The Morgan fingerprint density at radius 2 is 1.83 bits per heavy atom. The molecule has 0 atom stereocenters. The zero-order chi connectivity index (χ0) is 24.7. The summed E-state index contributed by atoms with van der Waals surface area (Å²) in [7, 11) is 0. The number of amides is 2. The van der Waals surface area contributed by atoms with Gasteiger partial charge < -0.3 is 10.6 Å². The van der Waals surface area contributed by atoms with Crippen LogP contribution in [0, 0.1) is 6.92 Å². The predicted octanol–water partition coefficient (Wildman–Crippen LogP) is 6.03. The van der Waals surface area contributed by atoms with Crippen molar-refractivity contribution in [3.05, 3.63) is 88.6 Å². The Morgan fingerprint density at radius 3 is 2.63 bits per heavy atom. The number of carbonyl (C=O) groups is 2. The fraction of sp³-hybridized carbons (Fsp3) is 0.0800. The number of H-pyrrole nitrogens is 2. The molecular formula is C25H18F3N4O2S+. The number of rotatable bonds is 4. The van der Waals surface area contributed by atoms with Gasteiger partial charge in [-0.1, -0.05) is 12.1 Å². The van der Waals surface area contributed by atoms with Crippen LogP contribution in [0.5, 0.6) is 0 Å². The monoisotopic (exact) mass is 495 g/mol. The Labute approximate surface area is 200 Å². The second-order valence-electron chi connectivity index (χ2n) is 7.97. The molecule has 0 spiro atoms. The lowest BCUT2D eigenvalue weighted by molar-refractivity contribution is -0.345. The lowest BCUT2D eigenvalue weighted by Crippen LogP contribution is -2.15. The first kappa shape index (κ1) is 22.6. The smallest absolute Gasteiger partial charge is 0.322 e. The fourth-order valence-corrected chi connectivity index (χ4v) is 4.79. The maximum absolute atomic E-state index is 13.0. The molecule has 0 aliphatic heterocycles. The second kappa shape index (κ2) is 8.55. The van der Waals surface area contributed by atoms with Crippen LogP contribution in [0.1, 0.15) is 31.2 Å². The molecule has 10 heteroatoms. The number of benzene rings is 2. The number of fused-ring (bicyclic) bond motifs is 3. The maximum atomic E-state index is 13.0. The highest BCUT2D eigenvalue weighted by atomic mass is 32.1. The zero-order valence-corrected chi connectivity index (χ0v) is 19.0. The quantitative estimate of drug-likeness (QED) is 0.284. The van der Waals surface area contributed by atoms with Crippen molar-refractivity contribution in [2.24, 2.45) is 0 Å². The highest BCUT2D eigenvalue weighted by molar-refractivity contribution is 7.21. The Morgan fingerprint density at radius 1 is 1.00 bits per heavy atom. The predicted molar refractivity (Wildman–Crippen MR) is 129 cm³/mol. The number of aromatic amines is 2. The van der Waals surface area contributed by atoms with Crippen LogP contribution in [-0.2, 0) is 6.18 Å². The summed E-state index contributed by atoms with van der Waals surface area (Å²) in [6.07, 6.45) is -0.871. The van der Waals surface area contributed by atoms with Crippen LogP contribution in [-0.4, -0.2) is 16.8 Å². The van der Waals surface area contributed by atoms with E-state index in [-0.39, 0.29) is 17.2 Å². The highest BCUT2D eigenvalue weighted by Gasteiger charge is 2.30. The molecule has 3 aromatic heterocycles. The summed E-state index contributed by atoms with van der Waals surface area (Å²) in [4.78, 5) is 32.4. The van der Waals surface area contributed by atoms with Gasteiger partial charge in [0.05, 0.1) is 32.9 Å². The van der Waals surface area contributed by atoms with Crippen molar-refractivity contribution in [1.29, 1.82) is 0 Å². The third-order valence-electron chi connectivity index (χ3n) is 5.54. The number of thiophene rings is 1. The number of carbonyl (C=O) groups excluding carboxylic acids is 2. The molecular weight excluding hydrogens is 477 g/mol. The van der Waals surface area contributed by atoms with Crippen LogP contribution in [0.2, 0.25) is 0 Å². The molecule has 0 fully saturated rings. The fourth-order valence-electron chi connectivity index (χ4n) is 3.72. The molecule has 2 aromatic carbocycles. The molecule has 3 heterocycles. The molecule has 0 aliphatic rings. The van der Waals surface area contributed by atoms with Gasteiger partial charge in [0.25, 0.3) is 17.5 Å². The van der Waals surface area contributed by atoms with E-state index in [1.54, 1.807) is 25.1 Å². The van der Waals surface area contributed by atoms with E-state index in [1.165, 1.54) is 29.5 Å². The first-order chi connectivity index (χ1) is 16.7. The Hall–Kier alpha value is -4.18. The third-order valence-corrected chi connectivity index (χ3v) is 6.73. The lowest BCUT2D eigenvalue weighted by atomic mass is 10.1. The molecule has 0 bridgehead atoms. The van der Waals surface area contributed by atoms with Gasteiger partial charge in [-0.25, -0.2) is 9.97 Å². The van der Waals surface area contributed by atoms with Gasteiger partial charge in [-0.2, -0.15) is 13.2 Å². The topological polar surface area (TPSA) is 88.1 Å². The van der Waals surface area contributed by atoms with Crippen molar-refractivity contribution in [1.82, 2.24) is 4.98 Å². The third kappa shape index (κ3) is 4.47. The lowest BCUT2D eigenvalue weighted by Gasteiger charge is -2.12. The number of aryl methyl sites for hydroxylation is 1. The molecule has 0 saturated heterocycles. The minimum Gasteiger partial charge on any atom is -0.322 e. The van der Waals surface area contributed by atoms with Gasteiger partial charge in [-0.05, 0) is 55.0 Å². The minimum atomic E-state index is -4.51. The molecule has 5 aromatic rings. The Balaban J connectivity index is 1.37. The Bertz CT molecular complexity index is 1600. The molecule has 5 rings (SSSR count). The van der Waals surface area contributed by atoms with E-state index in [0.29, 0.717) is 10.6 Å². The second-order valence-corrected chi connectivity index (χ2v) is 9.02.